The SMILES string of the molecule is CCCN(C(C)C)C(C)c1cccc(N)c1. The first kappa shape index (κ1) is 13.0. The van der Waals surface area contributed by atoms with Gasteiger partial charge in [0.05, 0.1) is 0 Å². The summed E-state index contributed by atoms with van der Waals surface area (Å²) in [5.74, 6) is 0. The monoisotopic (exact) mass is 220 g/mol. The summed E-state index contributed by atoms with van der Waals surface area (Å²) in [4.78, 5) is 2.51. The molecule has 1 aromatic rings. The molecule has 0 bridgehead atoms. The average Bonchev–Trinajstić information content (AvgIpc) is 2.24. The maximum atomic E-state index is 5.83. The first-order chi connectivity index (χ1) is 7.56. The highest BCUT2D eigenvalue weighted by Crippen LogP contribution is 2.23. The second-order valence-electron chi connectivity index (χ2n) is 4.68. The van der Waals surface area contributed by atoms with E-state index in [0.717, 1.165) is 12.2 Å². The molecule has 0 aliphatic carbocycles. The van der Waals surface area contributed by atoms with Crippen LogP contribution in [0, 0.1) is 0 Å². The molecular weight excluding hydrogens is 196 g/mol. The number of nitrogen functional groups attached to an aromatic ring is 1. The van der Waals surface area contributed by atoms with Crippen LogP contribution in [0.5, 0.6) is 0 Å². The van der Waals surface area contributed by atoms with E-state index in [1.807, 2.05) is 12.1 Å². The molecule has 0 amide bonds. The quantitative estimate of drug-likeness (QED) is 0.770. The molecule has 1 unspecified atom stereocenters. The molecule has 0 aliphatic rings. The fraction of sp³-hybridized carbons (Fsp3) is 0.571. The second kappa shape index (κ2) is 5.90. The number of nitrogens with two attached hydrogens (primary N) is 1. The number of nitrogens with zero attached hydrogens (tertiary/aromatic N) is 1. The van der Waals surface area contributed by atoms with Crippen molar-refractivity contribution in [2.45, 2.75) is 46.2 Å². The van der Waals surface area contributed by atoms with Crippen molar-refractivity contribution in [3.63, 3.8) is 0 Å². The molecule has 0 aliphatic heterocycles. The Hall–Kier alpha value is -1.02. The average molecular weight is 220 g/mol. The van der Waals surface area contributed by atoms with Gasteiger partial charge in [-0.2, -0.15) is 0 Å². The number of anilines is 1. The normalized spacial score (nSPS) is 13.4. The number of benzene rings is 1. The molecule has 2 nitrogen and oxygen atoms in total. The summed E-state index contributed by atoms with van der Waals surface area (Å²) in [5, 5.41) is 0. The van der Waals surface area contributed by atoms with Gasteiger partial charge in [0, 0.05) is 17.8 Å². The van der Waals surface area contributed by atoms with Gasteiger partial charge in [-0.15, -0.1) is 0 Å². The molecule has 1 aromatic carbocycles. The van der Waals surface area contributed by atoms with Gasteiger partial charge in [0.2, 0.25) is 0 Å². The van der Waals surface area contributed by atoms with Gasteiger partial charge in [-0.3, -0.25) is 4.90 Å². The predicted octanol–water partition coefficient (Wildman–Crippen LogP) is 3.45. The van der Waals surface area contributed by atoms with Crippen LogP contribution >= 0.6 is 0 Å². The van der Waals surface area contributed by atoms with Crippen LogP contribution in [0.4, 0.5) is 5.69 Å². The van der Waals surface area contributed by atoms with E-state index in [2.05, 4.69) is 44.7 Å². The van der Waals surface area contributed by atoms with Crippen molar-refractivity contribution in [3.8, 4) is 0 Å². The Bertz CT molecular complexity index is 320. The van der Waals surface area contributed by atoms with E-state index >= 15 is 0 Å². The van der Waals surface area contributed by atoms with Crippen LogP contribution < -0.4 is 5.73 Å². The molecule has 0 spiro atoms. The summed E-state index contributed by atoms with van der Waals surface area (Å²) in [6.07, 6.45) is 1.19. The van der Waals surface area contributed by atoms with E-state index in [9.17, 15) is 0 Å². The van der Waals surface area contributed by atoms with Gasteiger partial charge in [-0.05, 0) is 51.4 Å². The van der Waals surface area contributed by atoms with Crippen LogP contribution in [0.2, 0.25) is 0 Å². The molecular formula is C14H24N2. The zero-order valence-electron chi connectivity index (χ0n) is 10.9. The molecule has 1 atom stereocenters. The van der Waals surface area contributed by atoms with Crippen molar-refractivity contribution in [2.75, 3.05) is 12.3 Å². The molecule has 0 saturated carbocycles. The van der Waals surface area contributed by atoms with Crippen LogP contribution in [0.15, 0.2) is 24.3 Å². The Labute approximate surface area is 99.5 Å². The third kappa shape index (κ3) is 3.24. The van der Waals surface area contributed by atoms with Crippen LogP contribution in [0.1, 0.15) is 45.7 Å². The van der Waals surface area contributed by atoms with Crippen molar-refractivity contribution >= 4 is 5.69 Å². The smallest absolute Gasteiger partial charge is 0.0323 e. The Morgan fingerprint density at radius 1 is 1.25 bits per heavy atom. The highest BCUT2D eigenvalue weighted by Gasteiger charge is 2.17. The van der Waals surface area contributed by atoms with Gasteiger partial charge in [0.25, 0.3) is 0 Å². The van der Waals surface area contributed by atoms with Crippen LogP contribution in [0.25, 0.3) is 0 Å². The maximum absolute atomic E-state index is 5.83. The highest BCUT2D eigenvalue weighted by atomic mass is 15.2. The fourth-order valence-electron chi connectivity index (χ4n) is 2.17. The summed E-state index contributed by atoms with van der Waals surface area (Å²) in [6.45, 7) is 10.1. The first-order valence-corrected chi connectivity index (χ1v) is 6.17. The predicted molar refractivity (Wildman–Crippen MR) is 71.4 cm³/mol. The second-order valence-corrected chi connectivity index (χ2v) is 4.68. The third-order valence-corrected chi connectivity index (χ3v) is 3.04. The van der Waals surface area contributed by atoms with Gasteiger partial charge in [-0.1, -0.05) is 19.1 Å². The van der Waals surface area contributed by atoms with E-state index < -0.39 is 0 Å². The topological polar surface area (TPSA) is 29.3 Å². The van der Waals surface area contributed by atoms with E-state index in [-0.39, 0.29) is 0 Å². The Balaban J connectivity index is 2.85. The standard InChI is InChI=1S/C14H24N2/c1-5-9-16(11(2)3)12(4)13-7-6-8-14(15)10-13/h6-8,10-12H,5,9,15H2,1-4H3. The molecule has 0 fully saturated rings. The Morgan fingerprint density at radius 3 is 2.44 bits per heavy atom. The lowest BCUT2D eigenvalue weighted by Crippen LogP contribution is -2.34. The van der Waals surface area contributed by atoms with Crippen molar-refractivity contribution in [2.24, 2.45) is 0 Å². The minimum Gasteiger partial charge on any atom is -0.399 e. The van der Waals surface area contributed by atoms with E-state index in [1.54, 1.807) is 0 Å². The van der Waals surface area contributed by atoms with Crippen molar-refractivity contribution in [1.82, 2.24) is 4.90 Å². The molecule has 0 radical (unpaired) electrons. The molecule has 0 aromatic heterocycles. The first-order valence-electron chi connectivity index (χ1n) is 6.17. The number of rotatable bonds is 5. The summed E-state index contributed by atoms with van der Waals surface area (Å²) < 4.78 is 0. The van der Waals surface area contributed by atoms with Crippen molar-refractivity contribution in [1.29, 1.82) is 0 Å². The van der Waals surface area contributed by atoms with Gasteiger partial charge >= 0.3 is 0 Å². The van der Waals surface area contributed by atoms with E-state index in [0.29, 0.717) is 12.1 Å². The zero-order valence-corrected chi connectivity index (χ0v) is 10.9. The lowest BCUT2D eigenvalue weighted by molar-refractivity contribution is 0.165. The summed E-state index contributed by atoms with van der Waals surface area (Å²) in [6, 6.07) is 9.21. The fourth-order valence-corrected chi connectivity index (χ4v) is 2.17. The van der Waals surface area contributed by atoms with E-state index in [4.69, 9.17) is 5.73 Å². The largest absolute Gasteiger partial charge is 0.399 e. The summed E-state index contributed by atoms with van der Waals surface area (Å²) >= 11 is 0. The maximum Gasteiger partial charge on any atom is 0.0323 e. The van der Waals surface area contributed by atoms with Crippen LogP contribution in [-0.2, 0) is 0 Å². The minimum atomic E-state index is 0.434. The van der Waals surface area contributed by atoms with E-state index in [1.165, 1.54) is 12.0 Å². The molecule has 2 heteroatoms. The Morgan fingerprint density at radius 2 is 1.94 bits per heavy atom. The molecule has 90 valence electrons. The van der Waals surface area contributed by atoms with Crippen LogP contribution in [-0.4, -0.2) is 17.5 Å². The third-order valence-electron chi connectivity index (χ3n) is 3.04. The minimum absolute atomic E-state index is 0.434. The molecule has 1 rings (SSSR count). The lowest BCUT2D eigenvalue weighted by atomic mass is 10.0. The van der Waals surface area contributed by atoms with Crippen LogP contribution in [0.3, 0.4) is 0 Å². The Kier molecular flexibility index (Phi) is 4.81. The van der Waals surface area contributed by atoms with Gasteiger partial charge in [0.1, 0.15) is 0 Å². The lowest BCUT2D eigenvalue weighted by Gasteiger charge is -2.32. The van der Waals surface area contributed by atoms with Crippen molar-refractivity contribution in [3.05, 3.63) is 29.8 Å². The van der Waals surface area contributed by atoms with Gasteiger partial charge in [0.15, 0.2) is 0 Å². The van der Waals surface area contributed by atoms with Crippen molar-refractivity contribution < 1.29 is 0 Å². The molecule has 0 heterocycles. The zero-order chi connectivity index (χ0) is 12.1. The molecule has 2 N–H and O–H groups in total. The summed E-state index contributed by atoms with van der Waals surface area (Å²) in [5.41, 5.74) is 7.99. The summed E-state index contributed by atoms with van der Waals surface area (Å²) in [7, 11) is 0. The highest BCUT2D eigenvalue weighted by molar-refractivity contribution is 5.41. The molecule has 0 saturated heterocycles. The number of hydrogen-bond donors (Lipinski definition) is 1. The van der Waals surface area contributed by atoms with Gasteiger partial charge in [-0.25, -0.2) is 0 Å². The van der Waals surface area contributed by atoms with Gasteiger partial charge < -0.3 is 5.73 Å². The number of hydrogen-bond acceptors (Lipinski definition) is 2. The molecule has 16 heavy (non-hydrogen) atoms.